The number of para-hydroxylation sites is 1. The number of urea groups is 1. The molecule has 77 heavy (non-hydrogen) atoms. The zero-order valence-electron chi connectivity index (χ0n) is 43.1. The van der Waals surface area contributed by atoms with E-state index in [0.717, 1.165) is 10.9 Å². The highest BCUT2D eigenvalue weighted by Crippen LogP contribution is 2.26. The number of nitrogens with one attached hydrogen (secondary N) is 9. The summed E-state index contributed by atoms with van der Waals surface area (Å²) >= 11 is 0. The van der Waals surface area contributed by atoms with Crippen molar-refractivity contribution in [3.63, 3.8) is 0 Å². The van der Waals surface area contributed by atoms with Crippen LogP contribution in [0.3, 0.4) is 0 Å². The minimum atomic E-state index is -1.64. The highest BCUT2D eigenvalue weighted by molar-refractivity contribution is 5.99. The van der Waals surface area contributed by atoms with Crippen molar-refractivity contribution in [2.24, 2.45) is 39.8 Å². The Morgan fingerprint density at radius 1 is 0.766 bits per heavy atom. The number of Topliss-reactive ketones (excluding diaryl/α,β-unsaturated/α-hetero) is 2. The van der Waals surface area contributed by atoms with Gasteiger partial charge in [-0.1, -0.05) is 48.5 Å². The zero-order valence-corrected chi connectivity index (χ0v) is 43.1. The number of primary amides is 2. The summed E-state index contributed by atoms with van der Waals surface area (Å²) < 4.78 is 0. The number of amides is 9. The van der Waals surface area contributed by atoms with Gasteiger partial charge in [0.25, 0.3) is 0 Å². The maximum absolute atomic E-state index is 14.8. The fourth-order valence-corrected chi connectivity index (χ4v) is 9.05. The number of aliphatic imine (C=N–C) groups is 1. The van der Waals surface area contributed by atoms with Crippen LogP contribution in [-0.2, 0) is 62.4 Å². The minimum absolute atomic E-state index is 0.0234. The molecule has 9 amide bonds. The molecule has 3 heterocycles. The molecule has 0 radical (unpaired) electrons. The number of guanidine groups is 1. The molecular weight excluding hydrogens is 995 g/mol. The molecule has 7 atom stereocenters. The van der Waals surface area contributed by atoms with Gasteiger partial charge in [-0.2, -0.15) is 0 Å². The van der Waals surface area contributed by atoms with Crippen LogP contribution in [-0.4, -0.2) is 130 Å². The summed E-state index contributed by atoms with van der Waals surface area (Å²) in [4.78, 5) is 152. The molecule has 1 aliphatic heterocycles. The molecule has 0 spiro atoms. The molecule has 0 saturated carbocycles. The topological polar surface area (TPSA) is 416 Å². The van der Waals surface area contributed by atoms with Gasteiger partial charge in [0, 0.05) is 86.6 Å². The van der Waals surface area contributed by atoms with Crippen LogP contribution in [0.2, 0.25) is 0 Å². The van der Waals surface area contributed by atoms with E-state index in [0.29, 0.717) is 16.8 Å². The second-order valence-corrected chi connectivity index (χ2v) is 19.1. The Bertz CT molecular complexity index is 2710. The number of nitrogens with two attached hydrogens (primary N) is 4. The summed E-state index contributed by atoms with van der Waals surface area (Å²) in [6.07, 6.45) is 3.92. The van der Waals surface area contributed by atoms with Crippen LogP contribution in [0.4, 0.5) is 4.79 Å². The number of hydrogen-bond acceptors (Lipinski definition) is 12. The third-order valence-corrected chi connectivity index (χ3v) is 13.1. The number of carbonyl (C=O) groups excluding carboxylic acids is 10. The van der Waals surface area contributed by atoms with Crippen LogP contribution in [0.15, 0.2) is 78.3 Å². The van der Waals surface area contributed by atoms with Crippen LogP contribution in [0, 0.1) is 11.8 Å². The fourth-order valence-electron chi connectivity index (χ4n) is 9.05. The first-order valence-corrected chi connectivity index (χ1v) is 25.6. The monoisotopic (exact) mass is 1070 g/mol. The van der Waals surface area contributed by atoms with Gasteiger partial charge < -0.3 is 70.1 Å². The number of fused-ring (bicyclic) bond motifs is 1. The third-order valence-electron chi connectivity index (χ3n) is 13.1. The molecule has 1 aliphatic rings. The Labute approximate surface area is 444 Å². The van der Waals surface area contributed by atoms with E-state index in [1.165, 1.54) is 19.4 Å². The smallest absolute Gasteiger partial charge is 0.312 e. The fraction of sp³-hybridized carbons (Fsp3) is 0.462. The first kappa shape index (κ1) is 59.2. The molecule has 2 aromatic carbocycles. The number of imidazole rings is 1. The lowest BCUT2D eigenvalue weighted by Gasteiger charge is -2.27. The van der Waals surface area contributed by atoms with Gasteiger partial charge in [-0.15, -0.1) is 0 Å². The van der Waals surface area contributed by atoms with E-state index < -0.39 is 114 Å². The van der Waals surface area contributed by atoms with Crippen LogP contribution in [0.5, 0.6) is 0 Å². The van der Waals surface area contributed by atoms with E-state index in [-0.39, 0.29) is 96.2 Å². The zero-order chi connectivity index (χ0) is 55.9. The maximum atomic E-state index is 14.8. The lowest BCUT2D eigenvalue weighted by Crippen LogP contribution is -2.59. The highest BCUT2D eigenvalue weighted by atomic mass is 16.2. The van der Waals surface area contributed by atoms with Gasteiger partial charge in [0.2, 0.25) is 41.4 Å². The number of aromatic amines is 2. The summed E-state index contributed by atoms with van der Waals surface area (Å²) in [5.74, 6) is -8.76. The van der Waals surface area contributed by atoms with E-state index >= 15 is 0 Å². The summed E-state index contributed by atoms with van der Waals surface area (Å²) in [5.41, 5.74) is 24.6. The number of rotatable bonds is 18. The van der Waals surface area contributed by atoms with Crippen LogP contribution >= 0.6 is 0 Å². The summed E-state index contributed by atoms with van der Waals surface area (Å²) in [5, 5.41) is 19.3. The Morgan fingerprint density at radius 3 is 2.19 bits per heavy atom. The summed E-state index contributed by atoms with van der Waals surface area (Å²) in [6.45, 7) is 1.39. The van der Waals surface area contributed by atoms with Gasteiger partial charge in [-0.25, -0.2) is 9.78 Å². The first-order valence-electron chi connectivity index (χ1n) is 25.6. The number of carbonyl (C=O) groups is 10. The number of H-pyrrole nitrogens is 2. The summed E-state index contributed by atoms with van der Waals surface area (Å²) in [6, 6.07) is 8.52. The highest BCUT2D eigenvalue weighted by Gasteiger charge is 2.36. The van der Waals surface area contributed by atoms with E-state index in [1.807, 2.05) is 24.3 Å². The minimum Gasteiger partial charge on any atom is -0.370 e. The van der Waals surface area contributed by atoms with E-state index in [4.69, 9.17) is 22.9 Å². The standard InChI is InChI=1S/C52H71N15O10/c1-30(68)63-39(17-10-19-59-51(54)55)48(74)67-42-26-45(71)58-18-8-7-16-38(46(53)72)64-47(73)33(22-34-27-61-37-15-6-5-14-36(34)37)24-43(69)32(13-9-20-60-52(56)77)23-44(70)40(21-31-11-3-2-4-12-31)65-49(75)41(66-50(42)76)25-35-28-57-29-62-35/h2-6,11-12,14-15,27-29,32-33,38-42,61H,7-10,13,16-26H2,1H3,(H2,53,72)(H,57,62)(H,58,71)(H,63,68)(H,64,73)(H,65,75)(H,66,76)(H,67,74)(H4,54,55,59)(H3,56,60,77)/t32-,33-,38+,39+,40-,41+,42+/m1/s1. The average Bonchev–Trinajstić information content (AvgIpc) is 4.07. The molecule has 25 nitrogen and oxygen atoms in total. The Kier molecular flexibility index (Phi) is 23.1. The second kappa shape index (κ2) is 30.0. The van der Waals surface area contributed by atoms with Crippen LogP contribution in [0.25, 0.3) is 10.9 Å². The van der Waals surface area contributed by atoms with Crippen molar-refractivity contribution in [2.75, 3.05) is 19.6 Å². The van der Waals surface area contributed by atoms with E-state index in [2.05, 4.69) is 57.2 Å². The van der Waals surface area contributed by atoms with Gasteiger partial charge >= 0.3 is 6.03 Å². The van der Waals surface area contributed by atoms with Crippen LogP contribution < -0.4 is 60.2 Å². The van der Waals surface area contributed by atoms with Crippen molar-refractivity contribution in [1.82, 2.24) is 52.2 Å². The first-order chi connectivity index (χ1) is 36.9. The maximum Gasteiger partial charge on any atom is 0.312 e. The van der Waals surface area contributed by atoms with Gasteiger partial charge in [0.15, 0.2) is 11.7 Å². The van der Waals surface area contributed by atoms with Gasteiger partial charge in [0.05, 0.1) is 18.8 Å². The normalized spacial score (nSPS) is 21.1. The van der Waals surface area contributed by atoms with Crippen molar-refractivity contribution in [3.05, 3.63) is 90.1 Å². The van der Waals surface area contributed by atoms with Crippen LogP contribution in [0.1, 0.15) is 88.0 Å². The number of hydrogen-bond donors (Lipinski definition) is 13. The van der Waals surface area contributed by atoms with Crippen molar-refractivity contribution in [3.8, 4) is 0 Å². The number of ketones is 2. The average molecular weight is 1070 g/mol. The molecule has 4 aromatic rings. The van der Waals surface area contributed by atoms with Gasteiger partial charge in [-0.05, 0) is 75.0 Å². The molecule has 17 N–H and O–H groups in total. The van der Waals surface area contributed by atoms with E-state index in [9.17, 15) is 47.9 Å². The SMILES string of the molecule is CC(=O)N[C@@H](CCCN=C(N)N)C(=O)N[C@H]1CC(=O)NCCCC[C@@H](C(N)=O)NC(=O)[C@H](Cc2c[nH]c3ccccc23)CC(=O)[C@H](CCCNC(N)=O)CC(=O)[C@@H](Cc2ccccc2)NC(=O)[C@H](Cc2cnc[nH]2)NC1=O. The Hall–Kier alpha value is -8.64. The van der Waals surface area contributed by atoms with Gasteiger partial charge in [-0.3, -0.25) is 48.1 Å². The lowest BCUT2D eigenvalue weighted by molar-refractivity contribution is -0.136. The lowest BCUT2D eigenvalue weighted by atomic mass is 9.83. The number of benzene rings is 2. The van der Waals surface area contributed by atoms with Crippen molar-refractivity contribution in [2.45, 2.75) is 121 Å². The quantitative estimate of drug-likeness (QED) is 0.0330. The molecule has 0 unspecified atom stereocenters. The molecule has 5 rings (SSSR count). The molecule has 414 valence electrons. The predicted octanol–water partition coefficient (Wildman–Crippen LogP) is -0.809. The van der Waals surface area contributed by atoms with Gasteiger partial charge in [0.1, 0.15) is 30.0 Å². The van der Waals surface area contributed by atoms with Crippen molar-refractivity contribution < 1.29 is 47.9 Å². The molecule has 0 aliphatic carbocycles. The largest absolute Gasteiger partial charge is 0.370 e. The number of nitrogens with zero attached hydrogens (tertiary/aromatic N) is 2. The molecule has 25 heteroatoms. The molecule has 0 bridgehead atoms. The van der Waals surface area contributed by atoms with Crippen molar-refractivity contribution >= 4 is 75.8 Å². The molecule has 1 fully saturated rings. The molecule has 2 aromatic heterocycles. The number of aromatic nitrogens is 3. The Morgan fingerprint density at radius 2 is 1.49 bits per heavy atom. The molecule has 1 saturated heterocycles. The molecular formula is C52H71N15O10. The Balaban J connectivity index is 1.54. The van der Waals surface area contributed by atoms with Crippen molar-refractivity contribution in [1.29, 1.82) is 0 Å². The second-order valence-electron chi connectivity index (χ2n) is 19.1. The van der Waals surface area contributed by atoms with E-state index in [1.54, 1.807) is 36.5 Å². The third kappa shape index (κ3) is 19.9. The predicted molar refractivity (Wildman–Crippen MR) is 283 cm³/mol. The summed E-state index contributed by atoms with van der Waals surface area (Å²) in [7, 11) is 0.